The molecular weight excluding hydrogens is 338 g/mol. The number of anilines is 1. The summed E-state index contributed by atoms with van der Waals surface area (Å²) in [7, 11) is 0. The van der Waals surface area contributed by atoms with E-state index >= 15 is 0 Å². The van der Waals surface area contributed by atoms with Gasteiger partial charge < -0.3 is 11.1 Å². The monoisotopic (exact) mass is 361 g/mol. The van der Waals surface area contributed by atoms with Crippen molar-refractivity contribution in [3.05, 3.63) is 46.6 Å². The molecule has 1 atom stereocenters. The van der Waals surface area contributed by atoms with Gasteiger partial charge in [0.1, 0.15) is 12.4 Å². The fourth-order valence-corrected chi connectivity index (χ4v) is 3.42. The lowest BCUT2D eigenvalue weighted by molar-refractivity contribution is -0.122. The van der Waals surface area contributed by atoms with Crippen molar-refractivity contribution in [3.63, 3.8) is 0 Å². The Morgan fingerprint density at radius 3 is 2.60 bits per heavy atom. The molecule has 0 bridgehead atoms. The molecule has 2 heterocycles. The Morgan fingerprint density at radius 1 is 1.32 bits per heavy atom. The summed E-state index contributed by atoms with van der Waals surface area (Å²) in [4.78, 5) is 14.7. The number of likely N-dealkylation sites (tertiary alicyclic amines) is 1. The third-order valence-corrected chi connectivity index (χ3v) is 4.81. The number of hydrogen-bond acceptors (Lipinski definition) is 4. The standard InChI is InChI=1S/C18H24ClN5O/c1-13-10-17(20)24(22-13)12-18(25)21-11-16(23-8-2-3-9-23)14-4-6-15(19)7-5-14/h4-7,10,16H,2-3,8-9,11-12,20H2,1H3,(H,21,25)/t16-/m0/s1. The fourth-order valence-electron chi connectivity index (χ4n) is 3.29. The number of rotatable bonds is 6. The van der Waals surface area contributed by atoms with Crippen molar-refractivity contribution in [1.82, 2.24) is 20.0 Å². The van der Waals surface area contributed by atoms with Gasteiger partial charge in [-0.3, -0.25) is 9.69 Å². The van der Waals surface area contributed by atoms with E-state index in [9.17, 15) is 4.79 Å². The zero-order chi connectivity index (χ0) is 17.8. The van der Waals surface area contributed by atoms with Gasteiger partial charge in [-0.1, -0.05) is 23.7 Å². The summed E-state index contributed by atoms with van der Waals surface area (Å²) in [6, 6.07) is 9.77. The number of nitrogens with zero attached hydrogens (tertiary/aromatic N) is 3. The number of nitrogens with one attached hydrogen (secondary N) is 1. The van der Waals surface area contributed by atoms with E-state index in [0.717, 1.165) is 23.8 Å². The maximum Gasteiger partial charge on any atom is 0.241 e. The number of benzene rings is 1. The topological polar surface area (TPSA) is 76.2 Å². The van der Waals surface area contributed by atoms with Crippen LogP contribution in [0.4, 0.5) is 5.82 Å². The Kier molecular flexibility index (Phi) is 5.60. The van der Waals surface area contributed by atoms with Crippen molar-refractivity contribution in [2.75, 3.05) is 25.4 Å². The van der Waals surface area contributed by atoms with Crippen LogP contribution in [-0.4, -0.2) is 40.2 Å². The van der Waals surface area contributed by atoms with Gasteiger partial charge in [0.25, 0.3) is 0 Å². The molecule has 25 heavy (non-hydrogen) atoms. The van der Waals surface area contributed by atoms with Crippen molar-refractivity contribution in [1.29, 1.82) is 0 Å². The molecule has 0 aliphatic carbocycles. The van der Waals surface area contributed by atoms with Gasteiger partial charge in [-0.2, -0.15) is 5.10 Å². The summed E-state index contributed by atoms with van der Waals surface area (Å²) in [6.45, 7) is 4.64. The molecule has 134 valence electrons. The first kappa shape index (κ1) is 17.8. The van der Waals surface area contributed by atoms with Crippen LogP contribution in [0.2, 0.25) is 5.02 Å². The predicted octanol–water partition coefficient (Wildman–Crippen LogP) is 2.38. The molecule has 1 amide bonds. The number of hydrogen-bond donors (Lipinski definition) is 2. The van der Waals surface area contributed by atoms with Gasteiger partial charge in [-0.25, -0.2) is 4.68 Å². The molecule has 7 heteroatoms. The van der Waals surface area contributed by atoms with Crippen LogP contribution < -0.4 is 11.1 Å². The summed E-state index contributed by atoms with van der Waals surface area (Å²) < 4.78 is 1.53. The van der Waals surface area contributed by atoms with E-state index in [1.807, 2.05) is 31.2 Å². The van der Waals surface area contributed by atoms with Gasteiger partial charge in [0, 0.05) is 17.6 Å². The lowest BCUT2D eigenvalue weighted by Gasteiger charge is -2.28. The summed E-state index contributed by atoms with van der Waals surface area (Å²) in [5, 5.41) is 7.98. The third-order valence-electron chi connectivity index (χ3n) is 4.56. The molecule has 1 saturated heterocycles. The fraction of sp³-hybridized carbons (Fsp3) is 0.444. The molecular formula is C18H24ClN5O. The predicted molar refractivity (Wildman–Crippen MR) is 99.4 cm³/mol. The summed E-state index contributed by atoms with van der Waals surface area (Å²) in [5.74, 6) is 0.411. The molecule has 1 aliphatic rings. The van der Waals surface area contributed by atoms with Crippen molar-refractivity contribution < 1.29 is 4.79 Å². The van der Waals surface area contributed by atoms with Gasteiger partial charge in [0.2, 0.25) is 5.91 Å². The number of aromatic nitrogens is 2. The molecule has 1 fully saturated rings. The molecule has 2 aromatic rings. The lowest BCUT2D eigenvalue weighted by Crippen LogP contribution is -2.38. The Balaban J connectivity index is 1.64. The van der Waals surface area contributed by atoms with Gasteiger partial charge in [-0.05, 0) is 50.6 Å². The van der Waals surface area contributed by atoms with Crippen LogP contribution in [0.5, 0.6) is 0 Å². The second kappa shape index (κ2) is 7.89. The van der Waals surface area contributed by atoms with Crippen molar-refractivity contribution in [2.24, 2.45) is 0 Å². The first-order valence-corrected chi connectivity index (χ1v) is 8.97. The second-order valence-electron chi connectivity index (χ2n) is 6.48. The van der Waals surface area contributed by atoms with Crippen LogP contribution in [0.1, 0.15) is 30.1 Å². The van der Waals surface area contributed by atoms with E-state index < -0.39 is 0 Å². The minimum atomic E-state index is -0.0899. The molecule has 0 spiro atoms. The summed E-state index contributed by atoms with van der Waals surface area (Å²) in [6.07, 6.45) is 2.39. The van der Waals surface area contributed by atoms with Crippen LogP contribution >= 0.6 is 11.6 Å². The van der Waals surface area contributed by atoms with Gasteiger partial charge in [0.05, 0.1) is 11.7 Å². The minimum Gasteiger partial charge on any atom is -0.384 e. The average molecular weight is 362 g/mol. The van der Waals surface area contributed by atoms with Crippen LogP contribution in [0.25, 0.3) is 0 Å². The van der Waals surface area contributed by atoms with Crippen LogP contribution in [0.3, 0.4) is 0 Å². The van der Waals surface area contributed by atoms with Crippen molar-refractivity contribution in [3.8, 4) is 0 Å². The summed E-state index contributed by atoms with van der Waals surface area (Å²) >= 11 is 6.01. The molecule has 3 rings (SSSR count). The third kappa shape index (κ3) is 4.52. The van der Waals surface area contributed by atoms with Gasteiger partial charge >= 0.3 is 0 Å². The molecule has 6 nitrogen and oxygen atoms in total. The number of amides is 1. The number of nitrogen functional groups attached to an aromatic ring is 1. The highest BCUT2D eigenvalue weighted by Gasteiger charge is 2.24. The normalized spacial score (nSPS) is 16.1. The maximum absolute atomic E-state index is 12.3. The van der Waals surface area contributed by atoms with Crippen LogP contribution in [0, 0.1) is 6.92 Å². The molecule has 0 saturated carbocycles. The smallest absolute Gasteiger partial charge is 0.241 e. The summed E-state index contributed by atoms with van der Waals surface area (Å²) in [5.41, 5.74) is 7.82. The number of nitrogens with two attached hydrogens (primary N) is 1. The molecule has 0 unspecified atom stereocenters. The Morgan fingerprint density at radius 2 is 2.00 bits per heavy atom. The minimum absolute atomic E-state index is 0.0899. The van der Waals surface area contributed by atoms with E-state index in [0.29, 0.717) is 12.4 Å². The quantitative estimate of drug-likeness (QED) is 0.828. The van der Waals surface area contributed by atoms with Crippen molar-refractivity contribution >= 4 is 23.3 Å². The largest absolute Gasteiger partial charge is 0.384 e. The number of halogens is 1. The Bertz CT molecular complexity index is 722. The van der Waals surface area contributed by atoms with Gasteiger partial charge in [0.15, 0.2) is 0 Å². The second-order valence-corrected chi connectivity index (χ2v) is 6.92. The SMILES string of the molecule is Cc1cc(N)n(CC(=O)NC[C@@H](c2ccc(Cl)cc2)N2CCCC2)n1. The van der Waals surface area contributed by atoms with Gasteiger partial charge in [-0.15, -0.1) is 0 Å². The molecule has 1 aliphatic heterocycles. The Hall–Kier alpha value is -2.05. The zero-order valence-corrected chi connectivity index (χ0v) is 15.2. The maximum atomic E-state index is 12.3. The molecule has 0 radical (unpaired) electrons. The number of carbonyl (C=O) groups is 1. The van der Waals surface area contributed by atoms with E-state index in [1.165, 1.54) is 23.1 Å². The van der Waals surface area contributed by atoms with Crippen LogP contribution in [-0.2, 0) is 11.3 Å². The lowest BCUT2D eigenvalue weighted by atomic mass is 10.1. The van der Waals surface area contributed by atoms with Crippen LogP contribution in [0.15, 0.2) is 30.3 Å². The highest BCUT2D eigenvalue weighted by molar-refractivity contribution is 6.30. The molecule has 1 aromatic heterocycles. The molecule has 3 N–H and O–H groups in total. The highest BCUT2D eigenvalue weighted by atomic mass is 35.5. The first-order valence-electron chi connectivity index (χ1n) is 8.59. The van der Waals surface area contributed by atoms with Crippen molar-refractivity contribution in [2.45, 2.75) is 32.4 Å². The number of carbonyl (C=O) groups excluding carboxylic acids is 1. The first-order chi connectivity index (χ1) is 12.0. The zero-order valence-electron chi connectivity index (χ0n) is 14.4. The average Bonchev–Trinajstić information content (AvgIpc) is 3.20. The Labute approximate surface area is 152 Å². The number of aryl methyl sites for hydroxylation is 1. The van der Waals surface area contributed by atoms with E-state index in [1.54, 1.807) is 6.07 Å². The highest BCUT2D eigenvalue weighted by Crippen LogP contribution is 2.25. The van der Waals surface area contributed by atoms with E-state index in [4.69, 9.17) is 17.3 Å². The van der Waals surface area contributed by atoms with E-state index in [-0.39, 0.29) is 18.5 Å². The van der Waals surface area contributed by atoms with E-state index in [2.05, 4.69) is 15.3 Å². The molecule has 1 aromatic carbocycles.